The van der Waals surface area contributed by atoms with Crippen molar-refractivity contribution in [1.82, 2.24) is 14.6 Å². The maximum atomic E-state index is 13.2. The van der Waals surface area contributed by atoms with E-state index in [2.05, 4.69) is 10.3 Å². The molecule has 0 saturated carbocycles. The lowest BCUT2D eigenvalue weighted by Gasteiger charge is -2.26. The van der Waals surface area contributed by atoms with Crippen LogP contribution in [-0.4, -0.2) is 32.3 Å². The van der Waals surface area contributed by atoms with E-state index in [-0.39, 0.29) is 25.0 Å². The summed E-state index contributed by atoms with van der Waals surface area (Å²) in [5.74, 6) is -0.814. The van der Waals surface area contributed by atoms with Crippen LogP contribution in [0.4, 0.5) is 17.6 Å². The first kappa shape index (κ1) is 25.7. The first-order valence-electron chi connectivity index (χ1n) is 10.4. The molecule has 1 aromatic heterocycles. The van der Waals surface area contributed by atoms with Gasteiger partial charge in [-0.3, -0.25) is 9.78 Å². The summed E-state index contributed by atoms with van der Waals surface area (Å²) in [5, 5.41) is 2.74. The molecule has 1 amide bonds. The van der Waals surface area contributed by atoms with Crippen molar-refractivity contribution in [1.29, 1.82) is 0 Å². The topological polar surface area (TPSA) is 68.3 Å². The Kier molecular flexibility index (Phi) is 8.29. The van der Waals surface area contributed by atoms with E-state index in [9.17, 15) is 26.9 Å². The van der Waals surface area contributed by atoms with Crippen LogP contribution in [0.2, 0.25) is 0 Å². The third-order valence-corrected chi connectivity index (χ3v) is 6.59. The number of amides is 1. The highest BCUT2D eigenvalue weighted by atomic mass is 32.2. The molecule has 1 heterocycles. The average molecular weight is 494 g/mol. The van der Waals surface area contributed by atoms with Crippen molar-refractivity contribution in [3.63, 3.8) is 0 Å². The van der Waals surface area contributed by atoms with Crippen LogP contribution in [0.25, 0.3) is 11.1 Å². The number of nitrogens with zero attached hydrogens (tertiary/aromatic N) is 2. The molecule has 0 aliphatic carbocycles. The van der Waals surface area contributed by atoms with E-state index in [0.29, 0.717) is 21.6 Å². The van der Waals surface area contributed by atoms with Crippen LogP contribution >= 0.6 is 0 Å². The zero-order chi connectivity index (χ0) is 24.9. The molecular formula is C24H23F4N3O2S. The monoisotopic (exact) mass is 493 g/mol. The van der Waals surface area contributed by atoms with Gasteiger partial charge in [0.05, 0.1) is 23.0 Å². The minimum absolute atomic E-state index is 0.134. The van der Waals surface area contributed by atoms with Gasteiger partial charge >= 0.3 is 6.18 Å². The lowest BCUT2D eigenvalue weighted by molar-refractivity contribution is -0.137. The molecule has 5 nitrogen and oxygen atoms in total. The molecule has 0 fully saturated rings. The van der Waals surface area contributed by atoms with Gasteiger partial charge in [0.2, 0.25) is 5.91 Å². The molecule has 1 atom stereocenters. The molecule has 34 heavy (non-hydrogen) atoms. The fraction of sp³-hybridized carbons (Fsp3) is 0.250. The molecule has 10 heteroatoms. The van der Waals surface area contributed by atoms with E-state index in [1.165, 1.54) is 46.9 Å². The summed E-state index contributed by atoms with van der Waals surface area (Å²) in [6, 6.07) is 11.5. The number of hydrogen-bond acceptors (Lipinski definition) is 4. The van der Waals surface area contributed by atoms with E-state index < -0.39 is 28.9 Å². The summed E-state index contributed by atoms with van der Waals surface area (Å²) in [6.07, 6.45) is -1.34. The van der Waals surface area contributed by atoms with E-state index >= 15 is 0 Å². The molecule has 3 aromatic rings. The number of hydrogen-bond donors (Lipinski definition) is 1. The number of aromatic nitrogens is 1. The lowest BCUT2D eigenvalue weighted by Crippen LogP contribution is -2.44. The smallest absolute Gasteiger partial charge is 0.416 e. The zero-order valence-electron chi connectivity index (χ0n) is 18.5. The van der Waals surface area contributed by atoms with E-state index in [1.807, 2.05) is 0 Å². The minimum atomic E-state index is -4.41. The highest BCUT2D eigenvalue weighted by molar-refractivity contribution is 7.89. The van der Waals surface area contributed by atoms with E-state index in [1.54, 1.807) is 26.1 Å². The largest absolute Gasteiger partial charge is 0.593 e. The molecule has 0 saturated heterocycles. The van der Waals surface area contributed by atoms with Crippen LogP contribution in [0.5, 0.6) is 0 Å². The maximum Gasteiger partial charge on any atom is 0.416 e. The molecule has 1 N–H and O–H groups in total. The molecule has 2 aromatic carbocycles. The Labute approximate surface area is 198 Å². The van der Waals surface area contributed by atoms with Gasteiger partial charge in [-0.05, 0) is 67.4 Å². The summed E-state index contributed by atoms with van der Waals surface area (Å²) < 4.78 is 65.8. The molecule has 0 aliphatic rings. The van der Waals surface area contributed by atoms with Crippen molar-refractivity contribution in [2.24, 2.45) is 0 Å². The number of carbonyl (C=O) groups excluding carboxylic acids is 1. The lowest BCUT2D eigenvalue weighted by atomic mass is 10.0. The van der Waals surface area contributed by atoms with E-state index in [4.69, 9.17) is 0 Å². The van der Waals surface area contributed by atoms with Gasteiger partial charge in [0.1, 0.15) is 12.4 Å². The second-order valence-corrected chi connectivity index (χ2v) is 9.24. The number of nitrogens with one attached hydrogen (secondary N) is 1. The average Bonchev–Trinajstić information content (AvgIpc) is 2.81. The van der Waals surface area contributed by atoms with Crippen molar-refractivity contribution < 1.29 is 26.9 Å². The summed E-state index contributed by atoms with van der Waals surface area (Å²) in [7, 11) is 0. The van der Waals surface area contributed by atoms with Crippen LogP contribution < -0.4 is 5.32 Å². The highest BCUT2D eigenvalue weighted by Gasteiger charge is 2.30. The number of halogens is 4. The minimum Gasteiger partial charge on any atom is -0.593 e. The van der Waals surface area contributed by atoms with Crippen molar-refractivity contribution in [2.75, 3.05) is 6.54 Å². The normalized spacial score (nSPS) is 12.7. The SMILES string of the molecule is CC(C)N(CC(=O)NCc1cncc(-c2ccc(C(F)(F)F)cc2)c1)[S+]([O-])c1ccc(F)cc1. The Morgan fingerprint density at radius 1 is 1.06 bits per heavy atom. The molecule has 1 unspecified atom stereocenters. The summed E-state index contributed by atoms with van der Waals surface area (Å²) in [4.78, 5) is 17.0. The Morgan fingerprint density at radius 2 is 1.71 bits per heavy atom. The Bertz CT molecular complexity index is 1110. The van der Waals surface area contributed by atoms with Crippen molar-refractivity contribution in [3.05, 3.63) is 83.9 Å². The standard InChI is InChI=1S/C24H23F4N3O2S/c1-16(2)31(34(33)22-9-7-21(25)8-10-22)15-23(32)30-13-17-11-19(14-29-12-17)18-3-5-20(6-4-18)24(26,27)28/h3-12,14,16H,13,15H2,1-2H3,(H,30,32). The predicted octanol–water partition coefficient (Wildman–Crippen LogP) is 4.96. The van der Waals surface area contributed by atoms with Gasteiger partial charge in [-0.15, -0.1) is 4.31 Å². The van der Waals surface area contributed by atoms with Crippen molar-refractivity contribution in [2.45, 2.75) is 37.5 Å². The molecule has 0 spiro atoms. The van der Waals surface area contributed by atoms with Gasteiger partial charge < -0.3 is 9.87 Å². The van der Waals surface area contributed by atoms with Crippen LogP contribution in [0.1, 0.15) is 25.0 Å². The highest BCUT2D eigenvalue weighted by Crippen LogP contribution is 2.31. The number of rotatable bonds is 8. The summed E-state index contributed by atoms with van der Waals surface area (Å²) in [5.41, 5.74) is 1.10. The fourth-order valence-corrected chi connectivity index (χ4v) is 4.37. The molecule has 0 bridgehead atoms. The van der Waals surface area contributed by atoms with Gasteiger partial charge in [-0.25, -0.2) is 4.39 Å². The van der Waals surface area contributed by atoms with Crippen LogP contribution in [0.3, 0.4) is 0 Å². The Hall–Kier alpha value is -2.95. The number of carbonyl (C=O) groups is 1. The number of pyridine rings is 1. The third kappa shape index (κ3) is 6.78. The maximum absolute atomic E-state index is 13.2. The van der Waals surface area contributed by atoms with Gasteiger partial charge in [0, 0.05) is 24.5 Å². The van der Waals surface area contributed by atoms with Gasteiger partial charge in [-0.2, -0.15) is 13.2 Å². The van der Waals surface area contributed by atoms with Crippen LogP contribution in [0.15, 0.2) is 71.9 Å². The van der Waals surface area contributed by atoms with Gasteiger partial charge in [0.25, 0.3) is 0 Å². The number of benzene rings is 2. The zero-order valence-corrected chi connectivity index (χ0v) is 19.3. The fourth-order valence-electron chi connectivity index (χ4n) is 3.11. The second-order valence-electron chi connectivity index (χ2n) is 7.81. The molecule has 0 radical (unpaired) electrons. The van der Waals surface area contributed by atoms with Gasteiger partial charge in [-0.1, -0.05) is 12.1 Å². The molecule has 180 valence electrons. The molecular weight excluding hydrogens is 470 g/mol. The van der Waals surface area contributed by atoms with E-state index in [0.717, 1.165) is 12.1 Å². The molecule has 0 aliphatic heterocycles. The summed E-state index contributed by atoms with van der Waals surface area (Å²) >= 11 is -1.65. The third-order valence-electron chi connectivity index (χ3n) is 4.93. The Morgan fingerprint density at radius 3 is 2.29 bits per heavy atom. The quantitative estimate of drug-likeness (QED) is 0.356. The summed E-state index contributed by atoms with van der Waals surface area (Å²) in [6.45, 7) is 3.58. The molecule has 3 rings (SSSR count). The second kappa shape index (κ2) is 11.0. The van der Waals surface area contributed by atoms with Crippen molar-refractivity contribution >= 4 is 17.3 Å². The van der Waals surface area contributed by atoms with Crippen molar-refractivity contribution in [3.8, 4) is 11.1 Å². The first-order valence-corrected chi connectivity index (χ1v) is 11.5. The first-order chi connectivity index (χ1) is 16.0. The predicted molar refractivity (Wildman–Crippen MR) is 121 cm³/mol. The Balaban J connectivity index is 1.63. The van der Waals surface area contributed by atoms with Crippen LogP contribution in [0, 0.1) is 5.82 Å². The van der Waals surface area contributed by atoms with Gasteiger partial charge in [0.15, 0.2) is 4.90 Å². The number of alkyl halides is 3. The van der Waals surface area contributed by atoms with Crippen LogP contribution in [-0.2, 0) is 28.9 Å².